The van der Waals surface area contributed by atoms with Gasteiger partial charge >= 0.3 is 11.9 Å². The number of aliphatic imine (C=N–C) groups is 1. The van der Waals surface area contributed by atoms with Crippen molar-refractivity contribution in [2.45, 2.75) is 46.1 Å². The van der Waals surface area contributed by atoms with Crippen molar-refractivity contribution < 1.29 is 24.6 Å². The van der Waals surface area contributed by atoms with Crippen molar-refractivity contribution in [3.05, 3.63) is 11.6 Å². The van der Waals surface area contributed by atoms with E-state index in [4.69, 9.17) is 10.2 Å². The molecule has 0 aromatic heterocycles. The first-order valence-electron chi connectivity index (χ1n) is 5.98. The van der Waals surface area contributed by atoms with E-state index < -0.39 is 11.9 Å². The summed E-state index contributed by atoms with van der Waals surface area (Å²) in [5, 5.41) is 15.8. The van der Waals surface area contributed by atoms with Gasteiger partial charge in [-0.25, -0.2) is 0 Å². The van der Waals surface area contributed by atoms with E-state index in [-0.39, 0.29) is 24.7 Å². The van der Waals surface area contributed by atoms with E-state index in [1.807, 2.05) is 26.8 Å². The molecular formula is C13H19NO5. The Morgan fingerprint density at radius 3 is 2.05 bits per heavy atom. The van der Waals surface area contributed by atoms with Crippen LogP contribution in [0.25, 0.3) is 0 Å². The smallest absolute Gasteiger partial charge is 0.303 e. The van der Waals surface area contributed by atoms with Gasteiger partial charge in [0.2, 0.25) is 0 Å². The molecule has 19 heavy (non-hydrogen) atoms. The molecule has 1 heterocycles. The average Bonchev–Trinajstić information content (AvgIpc) is 2.32. The number of carboxylic acid groups (broad SMARTS) is 2. The summed E-state index contributed by atoms with van der Waals surface area (Å²) < 4.78 is 0. The van der Waals surface area contributed by atoms with Gasteiger partial charge in [0.05, 0.1) is 12.8 Å². The van der Waals surface area contributed by atoms with Crippen LogP contribution in [0.4, 0.5) is 0 Å². The van der Waals surface area contributed by atoms with E-state index in [1.165, 1.54) is 0 Å². The fourth-order valence-electron chi connectivity index (χ4n) is 1.48. The predicted molar refractivity (Wildman–Crippen MR) is 70.5 cm³/mol. The Hall–Kier alpha value is -1.98. The van der Waals surface area contributed by atoms with Gasteiger partial charge < -0.3 is 10.2 Å². The maximum absolute atomic E-state index is 11.3. The minimum Gasteiger partial charge on any atom is -0.481 e. The number of hydrogen-bond acceptors (Lipinski definition) is 4. The molecular weight excluding hydrogens is 250 g/mol. The second kappa shape index (κ2) is 8.18. The molecule has 0 radical (unpaired) electrons. The Bertz CT molecular complexity index is 409. The number of rotatable bonds is 4. The van der Waals surface area contributed by atoms with E-state index >= 15 is 0 Å². The molecule has 6 heteroatoms. The number of Topliss-reactive ketones (excluding diaryl/α,β-unsaturated/α-hetero) is 1. The van der Waals surface area contributed by atoms with Crippen molar-refractivity contribution in [3.8, 4) is 0 Å². The van der Waals surface area contributed by atoms with E-state index in [9.17, 15) is 14.4 Å². The molecule has 0 aromatic rings. The first kappa shape index (κ1) is 17.0. The quantitative estimate of drug-likeness (QED) is 0.808. The van der Waals surface area contributed by atoms with Gasteiger partial charge in [0.15, 0.2) is 5.78 Å². The Labute approximate surface area is 111 Å². The number of carboxylic acids is 2. The molecule has 0 aromatic carbocycles. The van der Waals surface area contributed by atoms with Gasteiger partial charge in [0, 0.05) is 5.71 Å². The lowest BCUT2D eigenvalue weighted by Crippen LogP contribution is -2.23. The van der Waals surface area contributed by atoms with Crippen LogP contribution in [0.3, 0.4) is 0 Å². The molecule has 0 saturated carbocycles. The molecule has 1 atom stereocenters. The molecule has 0 saturated heterocycles. The Balaban J connectivity index is 0.000000362. The largest absolute Gasteiger partial charge is 0.481 e. The second-order valence-corrected chi connectivity index (χ2v) is 4.17. The van der Waals surface area contributed by atoms with Crippen molar-refractivity contribution >= 4 is 23.4 Å². The highest BCUT2D eigenvalue weighted by molar-refractivity contribution is 6.10. The third-order valence-electron chi connectivity index (χ3n) is 2.42. The summed E-state index contributed by atoms with van der Waals surface area (Å²) >= 11 is 0. The lowest BCUT2D eigenvalue weighted by molar-refractivity contribution is -0.143. The summed E-state index contributed by atoms with van der Waals surface area (Å²) in [6.07, 6.45) is 2.06. The number of aliphatic carboxylic acids is 2. The summed E-state index contributed by atoms with van der Waals surface area (Å²) in [7, 11) is 0. The zero-order valence-corrected chi connectivity index (χ0v) is 11.3. The number of carbonyl (C=O) groups is 3. The molecule has 6 nitrogen and oxygen atoms in total. The molecule has 1 unspecified atom stereocenters. The van der Waals surface area contributed by atoms with E-state index in [0.29, 0.717) is 0 Å². The summed E-state index contributed by atoms with van der Waals surface area (Å²) in [5.41, 5.74) is 1.80. The van der Waals surface area contributed by atoms with Gasteiger partial charge in [-0.15, -0.1) is 0 Å². The summed E-state index contributed by atoms with van der Waals surface area (Å²) in [6.45, 7) is 5.76. The molecule has 106 valence electrons. The lowest BCUT2D eigenvalue weighted by Gasteiger charge is -2.14. The minimum atomic E-state index is -1.08. The third-order valence-corrected chi connectivity index (χ3v) is 2.42. The van der Waals surface area contributed by atoms with E-state index in [2.05, 4.69) is 4.99 Å². The van der Waals surface area contributed by atoms with Crippen LogP contribution in [0.15, 0.2) is 16.6 Å². The van der Waals surface area contributed by atoms with Crippen LogP contribution < -0.4 is 0 Å². The summed E-state index contributed by atoms with van der Waals surface area (Å²) in [6, 6.07) is -0.111. The second-order valence-electron chi connectivity index (χ2n) is 4.17. The predicted octanol–water partition coefficient (Wildman–Crippen LogP) is 1.69. The number of ketones is 1. The van der Waals surface area contributed by atoms with Crippen molar-refractivity contribution in [3.63, 3.8) is 0 Å². The maximum atomic E-state index is 11.3. The lowest BCUT2D eigenvalue weighted by atomic mass is 10.00. The number of hydrogen-bond donors (Lipinski definition) is 2. The average molecular weight is 269 g/mol. The van der Waals surface area contributed by atoms with Gasteiger partial charge in [-0.1, -0.05) is 6.92 Å². The van der Waals surface area contributed by atoms with Crippen molar-refractivity contribution in [2.24, 2.45) is 4.99 Å². The Kier molecular flexibility index (Phi) is 7.33. The number of carbonyl (C=O) groups excluding carboxylic acids is 1. The van der Waals surface area contributed by atoms with E-state index in [1.54, 1.807) is 0 Å². The molecule has 0 amide bonds. The first-order valence-corrected chi connectivity index (χ1v) is 5.98. The summed E-state index contributed by atoms with van der Waals surface area (Å²) in [5.74, 6) is -1.97. The zero-order chi connectivity index (χ0) is 15.0. The monoisotopic (exact) mass is 269 g/mol. The van der Waals surface area contributed by atoms with Crippen LogP contribution in [0.5, 0.6) is 0 Å². The molecule has 1 rings (SSSR count). The molecule has 0 aliphatic carbocycles. The summed E-state index contributed by atoms with van der Waals surface area (Å²) in [4.78, 5) is 34.8. The maximum Gasteiger partial charge on any atom is 0.303 e. The standard InChI is InChI=1S/C9H13NO.C4H6O4/c1-4-8-9(11)6(2)5-7(3)10-8;5-3(6)1-2-4(7)8/h5,8H,4H2,1-3H3;1-2H2,(H,5,6)(H,7,8). The van der Waals surface area contributed by atoms with Crippen LogP contribution in [-0.4, -0.2) is 39.7 Å². The molecule has 1 aliphatic rings. The fourth-order valence-corrected chi connectivity index (χ4v) is 1.48. The number of dihydropyridines is 1. The van der Waals surface area contributed by atoms with Crippen molar-refractivity contribution in [2.75, 3.05) is 0 Å². The first-order chi connectivity index (χ1) is 8.77. The molecule has 0 spiro atoms. The van der Waals surface area contributed by atoms with E-state index in [0.717, 1.165) is 17.7 Å². The van der Waals surface area contributed by atoms with Crippen LogP contribution in [0.2, 0.25) is 0 Å². The third kappa shape index (κ3) is 7.13. The van der Waals surface area contributed by atoms with Crippen LogP contribution in [0, 0.1) is 0 Å². The molecule has 2 N–H and O–H groups in total. The highest BCUT2D eigenvalue weighted by Crippen LogP contribution is 2.12. The minimum absolute atomic E-state index is 0.111. The number of nitrogens with zero attached hydrogens (tertiary/aromatic N) is 1. The Morgan fingerprint density at radius 2 is 1.68 bits per heavy atom. The zero-order valence-electron chi connectivity index (χ0n) is 11.3. The van der Waals surface area contributed by atoms with Crippen LogP contribution >= 0.6 is 0 Å². The molecule has 0 fully saturated rings. The Morgan fingerprint density at radius 1 is 1.21 bits per heavy atom. The molecule has 1 aliphatic heterocycles. The van der Waals surface area contributed by atoms with Gasteiger partial charge in [-0.05, 0) is 31.9 Å². The van der Waals surface area contributed by atoms with Crippen molar-refractivity contribution in [1.29, 1.82) is 0 Å². The van der Waals surface area contributed by atoms with Crippen LogP contribution in [-0.2, 0) is 14.4 Å². The number of allylic oxidation sites excluding steroid dienone is 1. The van der Waals surface area contributed by atoms with Gasteiger partial charge in [0.25, 0.3) is 0 Å². The highest BCUT2D eigenvalue weighted by atomic mass is 16.4. The van der Waals surface area contributed by atoms with Gasteiger partial charge in [-0.2, -0.15) is 0 Å². The molecule has 0 bridgehead atoms. The van der Waals surface area contributed by atoms with Gasteiger partial charge in [0.1, 0.15) is 6.04 Å². The normalized spacial score (nSPS) is 17.8. The topological polar surface area (TPSA) is 104 Å². The SMILES string of the molecule is CCC1N=C(C)C=C(C)C1=O.O=C(O)CCC(=O)O. The van der Waals surface area contributed by atoms with Crippen molar-refractivity contribution in [1.82, 2.24) is 0 Å². The van der Waals surface area contributed by atoms with Crippen LogP contribution in [0.1, 0.15) is 40.0 Å². The fraction of sp³-hybridized carbons (Fsp3) is 0.538. The highest BCUT2D eigenvalue weighted by Gasteiger charge is 2.19. The van der Waals surface area contributed by atoms with Gasteiger partial charge in [-0.3, -0.25) is 19.4 Å².